The molecular weight excluding hydrogens is 253 g/mol. The van der Waals surface area contributed by atoms with Gasteiger partial charge >= 0.3 is 0 Å². The zero-order valence-corrected chi connectivity index (χ0v) is 10.4. The van der Waals surface area contributed by atoms with Gasteiger partial charge in [0.1, 0.15) is 5.82 Å². The zero-order valence-electron chi connectivity index (χ0n) is 9.57. The lowest BCUT2D eigenvalue weighted by atomic mass is 10.1. The fourth-order valence-corrected chi connectivity index (χ4v) is 2.96. The molecule has 1 aromatic carbocycles. The highest BCUT2D eigenvalue weighted by Gasteiger charge is 2.18. The van der Waals surface area contributed by atoms with Crippen molar-refractivity contribution in [2.75, 3.05) is 11.9 Å². The second-order valence-electron chi connectivity index (χ2n) is 4.32. The first kappa shape index (κ1) is 11.4. The number of aromatic nitrogens is 1. The van der Waals surface area contributed by atoms with Crippen molar-refractivity contribution in [1.29, 1.82) is 0 Å². The van der Waals surface area contributed by atoms with Crippen LogP contribution in [0.25, 0.3) is 10.2 Å². The van der Waals surface area contributed by atoms with E-state index in [9.17, 15) is 9.18 Å². The van der Waals surface area contributed by atoms with Crippen molar-refractivity contribution in [2.24, 2.45) is 0 Å². The number of hydrogen-bond acceptors (Lipinski definition) is 4. The smallest absolute Gasteiger partial charge is 0.220 e. The zero-order chi connectivity index (χ0) is 12.5. The molecule has 0 aliphatic carbocycles. The molecule has 1 saturated heterocycles. The summed E-state index contributed by atoms with van der Waals surface area (Å²) in [6.07, 6.45) is 1.34. The molecule has 0 bridgehead atoms. The lowest BCUT2D eigenvalue weighted by Gasteiger charge is -2.22. The molecule has 1 unspecified atom stereocenters. The largest absolute Gasteiger partial charge is 0.357 e. The predicted octanol–water partition coefficient (Wildman–Crippen LogP) is 2.13. The molecule has 0 radical (unpaired) electrons. The maximum absolute atomic E-state index is 13.1. The second kappa shape index (κ2) is 4.53. The molecule has 1 aliphatic heterocycles. The number of nitrogens with zero attached hydrogens (tertiary/aromatic N) is 1. The topological polar surface area (TPSA) is 54.0 Å². The quantitative estimate of drug-likeness (QED) is 0.874. The Bertz CT molecular complexity index is 588. The fourth-order valence-electron chi connectivity index (χ4n) is 1.99. The number of thiazole rings is 1. The van der Waals surface area contributed by atoms with Gasteiger partial charge in [0.15, 0.2) is 5.13 Å². The van der Waals surface area contributed by atoms with Gasteiger partial charge in [-0.3, -0.25) is 4.79 Å². The number of halogens is 1. The number of fused-ring (bicyclic) bond motifs is 1. The van der Waals surface area contributed by atoms with Crippen molar-refractivity contribution in [3.63, 3.8) is 0 Å². The lowest BCUT2D eigenvalue weighted by molar-refractivity contribution is -0.122. The van der Waals surface area contributed by atoms with E-state index in [1.807, 2.05) is 0 Å². The van der Waals surface area contributed by atoms with Crippen LogP contribution in [0.1, 0.15) is 12.8 Å². The summed E-state index contributed by atoms with van der Waals surface area (Å²) < 4.78 is 13.9. The molecule has 0 saturated carbocycles. The van der Waals surface area contributed by atoms with Crippen molar-refractivity contribution in [1.82, 2.24) is 10.3 Å². The number of carbonyl (C=O) groups is 1. The van der Waals surface area contributed by atoms with E-state index >= 15 is 0 Å². The number of piperidine rings is 1. The van der Waals surface area contributed by atoms with Gasteiger partial charge in [-0.1, -0.05) is 11.3 Å². The van der Waals surface area contributed by atoms with Crippen LogP contribution in [0.5, 0.6) is 0 Å². The van der Waals surface area contributed by atoms with Gasteiger partial charge in [0.05, 0.1) is 10.2 Å². The summed E-state index contributed by atoms with van der Waals surface area (Å²) in [4.78, 5) is 15.4. The summed E-state index contributed by atoms with van der Waals surface area (Å²) in [7, 11) is 0. The lowest BCUT2D eigenvalue weighted by Crippen LogP contribution is -2.41. The van der Waals surface area contributed by atoms with Gasteiger partial charge in [-0.15, -0.1) is 0 Å². The van der Waals surface area contributed by atoms with Crippen LogP contribution in [-0.4, -0.2) is 23.5 Å². The van der Waals surface area contributed by atoms with E-state index in [1.165, 1.54) is 23.5 Å². The van der Waals surface area contributed by atoms with Crippen LogP contribution >= 0.6 is 11.3 Å². The molecule has 0 spiro atoms. The standard InChI is InChI=1S/C12H12FN3OS/c13-7-1-3-9-10(5-7)18-12(16-9)15-8-2-4-11(17)14-6-8/h1,3,5,8H,2,4,6H2,(H,14,17)(H,15,16). The summed E-state index contributed by atoms with van der Waals surface area (Å²) in [5, 5.41) is 6.87. The summed E-state index contributed by atoms with van der Waals surface area (Å²) in [5.41, 5.74) is 0.795. The monoisotopic (exact) mass is 265 g/mol. The molecule has 6 heteroatoms. The van der Waals surface area contributed by atoms with Crippen LogP contribution < -0.4 is 10.6 Å². The van der Waals surface area contributed by atoms with Crippen LogP contribution in [0, 0.1) is 5.82 Å². The molecule has 2 aromatic rings. The molecule has 3 rings (SSSR count). The second-order valence-corrected chi connectivity index (χ2v) is 5.35. The normalized spacial score (nSPS) is 19.8. The number of nitrogens with one attached hydrogen (secondary N) is 2. The van der Waals surface area contributed by atoms with Crippen LogP contribution in [0.3, 0.4) is 0 Å². The molecule has 2 heterocycles. The van der Waals surface area contributed by atoms with Gasteiger partial charge < -0.3 is 10.6 Å². The molecule has 18 heavy (non-hydrogen) atoms. The van der Waals surface area contributed by atoms with Crippen LogP contribution in [0.2, 0.25) is 0 Å². The number of benzene rings is 1. The minimum absolute atomic E-state index is 0.0967. The van der Waals surface area contributed by atoms with E-state index in [4.69, 9.17) is 0 Å². The first-order valence-corrected chi connectivity index (χ1v) is 6.62. The Labute approximate surface area is 107 Å². The Kier molecular flexibility index (Phi) is 2.87. The molecular formula is C12H12FN3OS. The Morgan fingerprint density at radius 2 is 2.39 bits per heavy atom. The predicted molar refractivity (Wildman–Crippen MR) is 69.2 cm³/mol. The minimum Gasteiger partial charge on any atom is -0.357 e. The molecule has 1 atom stereocenters. The van der Waals surface area contributed by atoms with Gasteiger partial charge in [0, 0.05) is 19.0 Å². The van der Waals surface area contributed by atoms with Gasteiger partial charge in [0.2, 0.25) is 5.91 Å². The number of hydrogen-bond donors (Lipinski definition) is 2. The maximum atomic E-state index is 13.1. The molecule has 2 N–H and O–H groups in total. The summed E-state index contributed by atoms with van der Waals surface area (Å²) in [6.45, 7) is 0.614. The van der Waals surface area contributed by atoms with Gasteiger partial charge in [-0.2, -0.15) is 0 Å². The molecule has 1 aliphatic rings. The first-order chi connectivity index (χ1) is 8.70. The maximum Gasteiger partial charge on any atom is 0.220 e. The summed E-state index contributed by atoms with van der Waals surface area (Å²) >= 11 is 1.43. The van der Waals surface area contributed by atoms with Crippen LogP contribution in [0.15, 0.2) is 18.2 Å². The summed E-state index contributed by atoms with van der Waals surface area (Å²) in [5.74, 6) is -0.151. The number of carbonyl (C=O) groups excluding carboxylic acids is 1. The fraction of sp³-hybridized carbons (Fsp3) is 0.333. The molecule has 94 valence electrons. The summed E-state index contributed by atoms with van der Waals surface area (Å²) in [6, 6.07) is 4.77. The SMILES string of the molecule is O=C1CCC(Nc2nc3ccc(F)cc3s2)CN1. The Morgan fingerprint density at radius 1 is 1.50 bits per heavy atom. The van der Waals surface area contributed by atoms with E-state index in [2.05, 4.69) is 15.6 Å². The highest BCUT2D eigenvalue weighted by molar-refractivity contribution is 7.22. The average molecular weight is 265 g/mol. The van der Waals surface area contributed by atoms with E-state index in [1.54, 1.807) is 6.07 Å². The Hall–Kier alpha value is -1.69. The third-order valence-corrected chi connectivity index (χ3v) is 3.89. The van der Waals surface area contributed by atoms with E-state index in [0.29, 0.717) is 13.0 Å². The van der Waals surface area contributed by atoms with E-state index in [-0.39, 0.29) is 17.8 Å². The van der Waals surface area contributed by atoms with Gasteiger partial charge in [-0.25, -0.2) is 9.37 Å². The highest BCUT2D eigenvalue weighted by Crippen LogP contribution is 2.27. The Morgan fingerprint density at radius 3 is 3.17 bits per heavy atom. The van der Waals surface area contributed by atoms with Crippen LogP contribution in [-0.2, 0) is 4.79 Å². The van der Waals surface area contributed by atoms with E-state index < -0.39 is 0 Å². The van der Waals surface area contributed by atoms with Crippen molar-refractivity contribution < 1.29 is 9.18 Å². The Balaban J connectivity index is 1.76. The van der Waals surface area contributed by atoms with Gasteiger partial charge in [0.25, 0.3) is 0 Å². The number of amides is 1. The number of anilines is 1. The molecule has 4 nitrogen and oxygen atoms in total. The minimum atomic E-state index is -0.248. The van der Waals surface area contributed by atoms with Crippen molar-refractivity contribution in [3.8, 4) is 0 Å². The molecule has 1 aromatic heterocycles. The third-order valence-electron chi connectivity index (χ3n) is 2.94. The van der Waals surface area contributed by atoms with Gasteiger partial charge in [-0.05, 0) is 24.6 Å². The highest BCUT2D eigenvalue weighted by atomic mass is 32.1. The van der Waals surface area contributed by atoms with Crippen molar-refractivity contribution >= 4 is 32.6 Å². The average Bonchev–Trinajstić information content (AvgIpc) is 2.73. The first-order valence-electron chi connectivity index (χ1n) is 5.80. The number of rotatable bonds is 2. The molecule has 1 fully saturated rings. The molecule has 1 amide bonds. The van der Waals surface area contributed by atoms with Crippen molar-refractivity contribution in [2.45, 2.75) is 18.9 Å². The third kappa shape index (κ3) is 2.28. The van der Waals surface area contributed by atoms with E-state index in [0.717, 1.165) is 21.8 Å². The van der Waals surface area contributed by atoms with Crippen molar-refractivity contribution in [3.05, 3.63) is 24.0 Å². The van der Waals surface area contributed by atoms with Crippen LogP contribution in [0.4, 0.5) is 9.52 Å².